The van der Waals surface area contributed by atoms with E-state index in [9.17, 15) is 0 Å². The molecule has 0 aliphatic rings. The molecular formula is C84H160B2N2. The predicted molar refractivity (Wildman–Crippen MR) is 417 cm³/mol. The molecule has 0 saturated heterocycles. The first-order valence-corrected chi connectivity index (χ1v) is 33.3. The maximum atomic E-state index is 7.32. The lowest BCUT2D eigenvalue weighted by Crippen LogP contribution is -2.25. The molecule has 0 radical (unpaired) electrons. The van der Waals surface area contributed by atoms with Gasteiger partial charge in [0.1, 0.15) is 0 Å². The lowest BCUT2D eigenvalue weighted by molar-refractivity contribution is 0.157. The third kappa shape index (κ3) is 49.6. The molecule has 2 nitrogen and oxygen atoms in total. The molecule has 0 fully saturated rings. The average Bonchev–Trinajstić information content (AvgIpc) is 0.819. The van der Waals surface area contributed by atoms with Crippen LogP contribution in [0.1, 0.15) is 328 Å². The Balaban J connectivity index is -0.000000256. The Kier molecular flexibility index (Phi) is 33.7. The lowest BCUT2D eigenvalue weighted by atomic mass is 9.67. The van der Waals surface area contributed by atoms with Gasteiger partial charge in [0.15, 0.2) is 0 Å². The quantitative estimate of drug-likeness (QED) is 0.154. The monoisotopic (exact) mass is 1230 g/mol. The van der Waals surface area contributed by atoms with E-state index in [0.29, 0.717) is 37.4 Å². The Bertz CT molecular complexity index is 2340. The Morgan fingerprint density at radius 1 is 0.284 bits per heavy atom. The van der Waals surface area contributed by atoms with E-state index in [0.717, 1.165) is 0 Å². The zero-order valence-electron chi connectivity index (χ0n) is 80.8. The Morgan fingerprint density at radius 3 is 0.511 bits per heavy atom. The highest BCUT2D eigenvalue weighted by Gasteiger charge is 2.30. The summed E-state index contributed by atoms with van der Waals surface area (Å²) in [6.07, 6.45) is 2.45. The van der Waals surface area contributed by atoms with E-state index in [1.165, 1.54) is 35.1 Å². The predicted octanol–water partition coefficient (Wildman–Crippen LogP) is 28.0. The third-order valence-corrected chi connectivity index (χ3v) is 18.8. The molecular weight excluding hydrogens is 1060 g/mol. The number of benzene rings is 4. The molecule has 4 aromatic carbocycles. The van der Waals surface area contributed by atoms with E-state index >= 15 is 0 Å². The summed E-state index contributed by atoms with van der Waals surface area (Å²) in [5.41, 5.74) is 1.69. The molecule has 0 unspecified atom stereocenters. The van der Waals surface area contributed by atoms with Crippen LogP contribution in [0.3, 0.4) is 0 Å². The summed E-state index contributed by atoms with van der Waals surface area (Å²) in [5, 5.41) is 0. The van der Waals surface area contributed by atoms with Crippen molar-refractivity contribution >= 4 is 13.7 Å². The van der Waals surface area contributed by atoms with Crippen molar-refractivity contribution in [3.05, 3.63) is 144 Å². The van der Waals surface area contributed by atoms with Gasteiger partial charge < -0.3 is 9.62 Å². The van der Waals surface area contributed by atoms with Gasteiger partial charge in [0.25, 0.3) is 0 Å². The first kappa shape index (κ1) is 67.8. The van der Waals surface area contributed by atoms with Crippen molar-refractivity contribution in [2.45, 2.75) is 313 Å². The van der Waals surface area contributed by atoms with Crippen LogP contribution in [0.25, 0.3) is 0 Å². The van der Waals surface area contributed by atoms with Gasteiger partial charge in [0, 0.05) is 20.6 Å². The molecule has 0 aliphatic heterocycles. The second kappa shape index (κ2) is 43.7. The van der Waals surface area contributed by atoms with Gasteiger partial charge in [0.2, 0.25) is 13.7 Å². The highest BCUT2D eigenvalue weighted by molar-refractivity contribution is 6.52. The molecule has 0 N–H and O–H groups in total. The summed E-state index contributed by atoms with van der Waals surface area (Å²) in [6.45, 7) is 61.5. The third-order valence-electron chi connectivity index (χ3n) is 18.8. The minimum Gasteiger partial charge on any atom is -0.348 e. The summed E-state index contributed by atoms with van der Waals surface area (Å²) < 4.78 is 110. The number of hydrogen-bond donors (Lipinski definition) is 0. The van der Waals surface area contributed by atoms with Gasteiger partial charge in [-0.15, -0.1) is 0 Å². The van der Waals surface area contributed by atoms with E-state index in [1.807, 2.05) is 104 Å². The highest BCUT2D eigenvalue weighted by atomic mass is 15.0. The Morgan fingerprint density at radius 2 is 0.420 bits per heavy atom. The zero-order chi connectivity index (χ0) is 84.0. The fourth-order valence-electron chi connectivity index (χ4n) is 4.13. The topological polar surface area (TPSA) is 6.48 Å². The van der Waals surface area contributed by atoms with E-state index in [2.05, 4.69) is 228 Å². The summed E-state index contributed by atoms with van der Waals surface area (Å²) in [5.74, 6) is 2.54. The SMILES string of the molecule is CB(C)N(C)C.CB(C)N(C)C.CC[C@@H](C)c1ccccc1.CC[C@H](C)c1ccccc1.C[C@H](c1ccccc1)[C@@H](C)c1ccccc1.[2H]C([2H])([2H])C(C)(C)C(C)(C)C.[2H]C([2H])([2H])C(C)(C)C(C)(C)C.[2H]C([2H])([2H])C(C)(C)C(C)(C)C.[2H]C([2H])([2H])C(C)(C)C(C)(C)C.[2H]C([2H])([2H])C(C)(C)C(C)(C)C. The molecule has 4 aromatic rings. The fraction of sp³-hybridized carbons (Fsp3) is 0.714. The maximum Gasteiger partial charge on any atom is 0.216 e. The van der Waals surface area contributed by atoms with Crippen molar-refractivity contribution < 1.29 is 20.6 Å². The van der Waals surface area contributed by atoms with Gasteiger partial charge in [-0.1, -0.05) is 398 Å². The minimum atomic E-state index is -1.87. The molecule has 4 atom stereocenters. The summed E-state index contributed by atoms with van der Waals surface area (Å²) >= 11 is 0. The first-order valence-electron chi connectivity index (χ1n) is 40.8. The molecule has 0 saturated carbocycles. The van der Waals surface area contributed by atoms with Crippen LogP contribution in [0.2, 0.25) is 27.3 Å². The largest absolute Gasteiger partial charge is 0.348 e. The molecule has 88 heavy (non-hydrogen) atoms. The molecule has 4 heteroatoms. The fourth-order valence-corrected chi connectivity index (χ4v) is 4.13. The lowest BCUT2D eigenvalue weighted by Gasteiger charge is -2.34. The number of rotatable bonds is 9. The van der Waals surface area contributed by atoms with E-state index in [1.54, 1.807) is 69.2 Å². The van der Waals surface area contributed by atoms with Crippen molar-refractivity contribution in [3.8, 4) is 0 Å². The van der Waals surface area contributed by atoms with Gasteiger partial charge in [0.05, 0.1) is 0 Å². The van der Waals surface area contributed by atoms with E-state index < -0.39 is 61.3 Å². The normalized spacial score (nSPS) is 16.6. The molecule has 0 aliphatic carbocycles. The molecule has 0 heterocycles. The second-order valence-electron chi connectivity index (χ2n) is 33.3. The Labute approximate surface area is 580 Å². The molecule has 0 bridgehead atoms. The smallest absolute Gasteiger partial charge is 0.216 e. The molecule has 0 aromatic heterocycles. The van der Waals surface area contributed by atoms with Crippen LogP contribution in [0, 0.1) is 54.1 Å². The van der Waals surface area contributed by atoms with Crippen LogP contribution in [-0.2, 0) is 0 Å². The summed E-state index contributed by atoms with van der Waals surface area (Å²) in [4.78, 5) is 4.33. The van der Waals surface area contributed by atoms with Crippen LogP contribution in [-0.4, -0.2) is 51.5 Å². The second-order valence-corrected chi connectivity index (χ2v) is 33.3. The van der Waals surface area contributed by atoms with Gasteiger partial charge in [-0.25, -0.2) is 0 Å². The van der Waals surface area contributed by atoms with Crippen molar-refractivity contribution in [2.75, 3.05) is 28.2 Å². The summed E-state index contributed by atoms with van der Waals surface area (Å²) in [6, 6.07) is 42.7. The molecule has 0 amide bonds. The highest BCUT2D eigenvalue weighted by Crippen LogP contribution is 2.40. The minimum absolute atomic E-state index is 0.182. The molecule has 0 spiro atoms. The number of hydrogen-bond acceptors (Lipinski definition) is 2. The van der Waals surface area contributed by atoms with Crippen LogP contribution >= 0.6 is 0 Å². The van der Waals surface area contributed by atoms with Crippen molar-refractivity contribution in [1.82, 2.24) is 9.62 Å². The van der Waals surface area contributed by atoms with Gasteiger partial charge in [-0.3, -0.25) is 0 Å². The molecule has 4 rings (SSSR count). The van der Waals surface area contributed by atoms with Gasteiger partial charge in [-0.05, 0) is 141 Å². The zero-order valence-corrected chi connectivity index (χ0v) is 65.8. The van der Waals surface area contributed by atoms with E-state index in [4.69, 9.17) is 20.6 Å². The van der Waals surface area contributed by atoms with Crippen LogP contribution in [0.5, 0.6) is 0 Å². The summed E-state index contributed by atoms with van der Waals surface area (Å²) in [7, 11) is 8.30. The van der Waals surface area contributed by atoms with Gasteiger partial charge in [-0.2, -0.15) is 0 Å². The standard InChI is InChI=1S/C16H18.2C10H14.5C8H18.2C4H12BN/c1-13(15-9-5-3-6-10-15)14(2)16-11-7-4-8-12-16;2*1-3-9(2)10-7-5-4-6-8-10;5*1-7(2,3)8(4,5)6;2*1-5(2)6(3)4/h3-14H,1-2H3;2*4-9H,3H2,1-2H3;5*1-6H3;2*1-4H3/t13-,14+;2*9-;;;;;;;/m.10......./s1/i;;;5*1D3;;. The number of nitrogens with zero attached hydrogens (tertiary/aromatic N) is 2. The van der Waals surface area contributed by atoms with Crippen molar-refractivity contribution in [2.24, 2.45) is 54.1 Å². The van der Waals surface area contributed by atoms with Crippen LogP contribution < -0.4 is 0 Å². The van der Waals surface area contributed by atoms with E-state index in [-0.39, 0.29) is 27.1 Å². The van der Waals surface area contributed by atoms with Crippen LogP contribution in [0.4, 0.5) is 0 Å². The van der Waals surface area contributed by atoms with Gasteiger partial charge >= 0.3 is 0 Å². The Hall–Kier alpha value is -3.07. The van der Waals surface area contributed by atoms with Crippen molar-refractivity contribution in [3.63, 3.8) is 0 Å². The average molecular weight is 1230 g/mol. The maximum absolute atomic E-state index is 7.32. The first-order chi connectivity index (χ1) is 45.3. The van der Waals surface area contributed by atoms with Crippen molar-refractivity contribution in [1.29, 1.82) is 0 Å². The molecule has 512 valence electrons. The van der Waals surface area contributed by atoms with Crippen LogP contribution in [0.15, 0.2) is 121 Å².